The van der Waals surface area contributed by atoms with Crippen molar-refractivity contribution in [1.29, 1.82) is 0 Å². The van der Waals surface area contributed by atoms with Crippen LogP contribution >= 0.6 is 22.9 Å². The Morgan fingerprint density at radius 1 is 1.15 bits per heavy atom. The number of hydrogen-bond acceptors (Lipinski definition) is 4. The number of carbonyl (C=O) groups excluding carboxylic acids is 1. The molecule has 0 radical (unpaired) electrons. The van der Waals surface area contributed by atoms with Crippen LogP contribution < -0.4 is 4.90 Å². The third-order valence-electron chi connectivity index (χ3n) is 4.45. The third kappa shape index (κ3) is 4.46. The summed E-state index contributed by atoms with van der Waals surface area (Å²) in [6.07, 6.45) is 0. The van der Waals surface area contributed by atoms with Crippen molar-refractivity contribution in [3.05, 3.63) is 58.9 Å². The van der Waals surface area contributed by atoms with Crippen molar-refractivity contribution >= 4 is 44.2 Å². The lowest BCUT2D eigenvalue weighted by Crippen LogP contribution is -2.39. The molecule has 2 aromatic carbocycles. The Hall–Kier alpha value is -2.02. The molecule has 1 heterocycles. The van der Waals surface area contributed by atoms with Gasteiger partial charge in [-0.3, -0.25) is 9.69 Å². The highest BCUT2D eigenvalue weighted by molar-refractivity contribution is 7.22. The molecule has 4 nitrogen and oxygen atoms in total. The summed E-state index contributed by atoms with van der Waals surface area (Å²) < 4.78 is 15.1. The quantitative estimate of drug-likeness (QED) is 0.550. The summed E-state index contributed by atoms with van der Waals surface area (Å²) in [7, 11) is 0. The Morgan fingerprint density at radius 2 is 1.89 bits per heavy atom. The summed E-state index contributed by atoms with van der Waals surface area (Å²) in [6, 6.07) is 11.5. The molecular formula is C20H21ClFN3OS. The molecule has 0 saturated heterocycles. The number of thiazole rings is 1. The second-order valence-corrected chi connectivity index (χ2v) is 7.52. The maximum absolute atomic E-state index is 14.2. The number of carbonyl (C=O) groups is 1. The van der Waals surface area contributed by atoms with Crippen molar-refractivity contribution < 1.29 is 9.18 Å². The average molecular weight is 406 g/mol. The van der Waals surface area contributed by atoms with E-state index >= 15 is 0 Å². The monoisotopic (exact) mass is 405 g/mol. The minimum absolute atomic E-state index is 0.0503. The lowest BCUT2D eigenvalue weighted by molar-refractivity contribution is 0.0980. The zero-order valence-corrected chi connectivity index (χ0v) is 16.9. The van der Waals surface area contributed by atoms with Crippen LogP contribution in [0.5, 0.6) is 0 Å². The van der Waals surface area contributed by atoms with Crippen molar-refractivity contribution in [2.75, 3.05) is 31.1 Å². The van der Waals surface area contributed by atoms with E-state index in [2.05, 4.69) is 23.7 Å². The van der Waals surface area contributed by atoms with Crippen LogP contribution in [-0.4, -0.2) is 42.0 Å². The number of anilines is 1. The lowest BCUT2D eigenvalue weighted by atomic mass is 10.2. The Bertz CT molecular complexity index is 942. The number of aromatic nitrogens is 1. The number of halogens is 2. The Labute approximate surface area is 167 Å². The maximum atomic E-state index is 14.2. The van der Waals surface area contributed by atoms with E-state index in [1.807, 2.05) is 12.1 Å². The first kappa shape index (κ1) is 19.7. The summed E-state index contributed by atoms with van der Waals surface area (Å²) in [5.74, 6) is -0.912. The fourth-order valence-corrected chi connectivity index (χ4v) is 4.11. The van der Waals surface area contributed by atoms with Crippen LogP contribution in [0.1, 0.15) is 24.2 Å². The Morgan fingerprint density at radius 3 is 2.59 bits per heavy atom. The smallest absolute Gasteiger partial charge is 0.263 e. The minimum Gasteiger partial charge on any atom is -0.302 e. The lowest BCUT2D eigenvalue weighted by Gasteiger charge is -2.24. The van der Waals surface area contributed by atoms with Gasteiger partial charge in [0.1, 0.15) is 5.82 Å². The van der Waals surface area contributed by atoms with E-state index in [1.165, 1.54) is 23.5 Å². The topological polar surface area (TPSA) is 36.4 Å². The first-order valence-electron chi connectivity index (χ1n) is 8.88. The standard InChI is InChI=1S/C20H21ClFN3OS/c1-3-24(4-2)11-12-25(19(26)15-7-5-6-8-16(15)22)20-23-17-10-9-14(21)13-18(17)27-20/h5-10,13H,3-4,11-12H2,1-2H3. The normalized spacial score (nSPS) is 11.3. The third-order valence-corrected chi connectivity index (χ3v) is 5.73. The molecular weight excluding hydrogens is 385 g/mol. The van der Waals surface area contributed by atoms with Crippen molar-refractivity contribution in [1.82, 2.24) is 9.88 Å². The molecule has 0 spiro atoms. The van der Waals surface area contributed by atoms with E-state index in [4.69, 9.17) is 11.6 Å². The molecule has 0 aliphatic heterocycles. The predicted octanol–water partition coefficient (Wildman–Crippen LogP) is 5.08. The van der Waals surface area contributed by atoms with E-state index in [0.717, 1.165) is 23.3 Å². The van der Waals surface area contributed by atoms with Gasteiger partial charge in [0, 0.05) is 18.1 Å². The van der Waals surface area contributed by atoms with Gasteiger partial charge in [0.05, 0.1) is 15.8 Å². The van der Waals surface area contributed by atoms with E-state index in [9.17, 15) is 9.18 Å². The molecule has 0 aliphatic carbocycles. The van der Waals surface area contributed by atoms with Gasteiger partial charge in [0.15, 0.2) is 5.13 Å². The molecule has 3 aromatic rings. The zero-order valence-electron chi connectivity index (χ0n) is 15.3. The summed E-state index contributed by atoms with van der Waals surface area (Å²) in [5.41, 5.74) is 0.822. The Balaban J connectivity index is 1.97. The number of rotatable bonds is 7. The molecule has 27 heavy (non-hydrogen) atoms. The van der Waals surface area contributed by atoms with Crippen LogP contribution in [0.25, 0.3) is 10.2 Å². The van der Waals surface area contributed by atoms with Gasteiger partial charge in [-0.05, 0) is 43.4 Å². The Kier molecular flexibility index (Phi) is 6.42. The van der Waals surface area contributed by atoms with Crippen LogP contribution in [0.2, 0.25) is 5.02 Å². The summed E-state index contributed by atoms with van der Waals surface area (Å²) in [5, 5.41) is 1.17. The highest BCUT2D eigenvalue weighted by Crippen LogP contribution is 2.31. The minimum atomic E-state index is -0.528. The van der Waals surface area contributed by atoms with Gasteiger partial charge < -0.3 is 4.90 Å². The van der Waals surface area contributed by atoms with Gasteiger partial charge in [-0.25, -0.2) is 9.37 Å². The van der Waals surface area contributed by atoms with E-state index in [-0.39, 0.29) is 11.5 Å². The van der Waals surface area contributed by atoms with Crippen LogP contribution in [-0.2, 0) is 0 Å². The SMILES string of the molecule is CCN(CC)CCN(C(=O)c1ccccc1F)c1nc2ccc(Cl)cc2s1. The summed E-state index contributed by atoms with van der Waals surface area (Å²) >= 11 is 7.45. The van der Waals surface area contributed by atoms with Crippen molar-refractivity contribution in [3.8, 4) is 0 Å². The van der Waals surface area contributed by atoms with Gasteiger partial charge in [0.25, 0.3) is 5.91 Å². The number of fused-ring (bicyclic) bond motifs is 1. The second kappa shape index (κ2) is 8.78. The zero-order chi connectivity index (χ0) is 19.4. The number of amides is 1. The van der Waals surface area contributed by atoms with Crippen LogP contribution in [0, 0.1) is 5.82 Å². The molecule has 0 fully saturated rings. The molecule has 3 rings (SSSR count). The van der Waals surface area contributed by atoms with Gasteiger partial charge in [-0.2, -0.15) is 0 Å². The largest absolute Gasteiger partial charge is 0.302 e. The van der Waals surface area contributed by atoms with Crippen LogP contribution in [0.15, 0.2) is 42.5 Å². The molecule has 1 amide bonds. The van der Waals surface area contributed by atoms with E-state index < -0.39 is 5.82 Å². The number of hydrogen-bond donors (Lipinski definition) is 0. The average Bonchev–Trinajstić information content (AvgIpc) is 3.08. The molecule has 0 bridgehead atoms. The van der Waals surface area contributed by atoms with Gasteiger partial charge >= 0.3 is 0 Å². The molecule has 0 N–H and O–H groups in total. The molecule has 0 saturated carbocycles. The number of benzene rings is 2. The molecule has 0 unspecified atom stereocenters. The van der Waals surface area contributed by atoms with E-state index in [0.29, 0.717) is 23.2 Å². The van der Waals surface area contributed by atoms with Crippen molar-refractivity contribution in [3.63, 3.8) is 0 Å². The molecule has 142 valence electrons. The van der Waals surface area contributed by atoms with Gasteiger partial charge in [0.2, 0.25) is 0 Å². The maximum Gasteiger partial charge on any atom is 0.263 e. The highest BCUT2D eigenvalue weighted by atomic mass is 35.5. The number of likely N-dealkylation sites (N-methyl/N-ethyl adjacent to an activating group) is 1. The van der Waals surface area contributed by atoms with Gasteiger partial charge in [-0.1, -0.05) is 48.9 Å². The summed E-state index contributed by atoms with van der Waals surface area (Å²) in [6.45, 7) is 7.03. The molecule has 0 atom stereocenters. The molecule has 7 heteroatoms. The van der Waals surface area contributed by atoms with Crippen LogP contribution in [0.3, 0.4) is 0 Å². The first-order chi connectivity index (χ1) is 13.0. The highest BCUT2D eigenvalue weighted by Gasteiger charge is 2.24. The fourth-order valence-electron chi connectivity index (χ4n) is 2.85. The molecule has 1 aromatic heterocycles. The van der Waals surface area contributed by atoms with Crippen LogP contribution in [0.4, 0.5) is 9.52 Å². The predicted molar refractivity (Wildman–Crippen MR) is 110 cm³/mol. The van der Waals surface area contributed by atoms with Crippen molar-refractivity contribution in [2.24, 2.45) is 0 Å². The second-order valence-electron chi connectivity index (χ2n) is 6.07. The fraction of sp³-hybridized carbons (Fsp3) is 0.300. The van der Waals surface area contributed by atoms with E-state index in [1.54, 1.807) is 23.1 Å². The summed E-state index contributed by atoms with van der Waals surface area (Å²) in [4.78, 5) is 21.5. The molecule has 0 aliphatic rings. The number of nitrogens with zero attached hydrogens (tertiary/aromatic N) is 3. The van der Waals surface area contributed by atoms with Crippen molar-refractivity contribution in [2.45, 2.75) is 13.8 Å². The first-order valence-corrected chi connectivity index (χ1v) is 10.1. The van der Waals surface area contributed by atoms with Gasteiger partial charge in [-0.15, -0.1) is 0 Å².